The summed E-state index contributed by atoms with van der Waals surface area (Å²) >= 11 is 2.06. The van der Waals surface area contributed by atoms with Crippen LogP contribution >= 0.6 is 11.9 Å². The fraction of sp³-hybridized carbons (Fsp3) is 0.684. The van der Waals surface area contributed by atoms with Crippen molar-refractivity contribution < 1.29 is 0 Å². The highest BCUT2D eigenvalue weighted by Gasteiger charge is 2.25. The van der Waals surface area contributed by atoms with Gasteiger partial charge in [-0.05, 0) is 51.7 Å². The molecule has 2 aliphatic heterocycles. The molecule has 0 aromatic carbocycles. The predicted molar refractivity (Wildman–Crippen MR) is 106 cm³/mol. The molecule has 5 heteroatoms. The molecule has 1 saturated heterocycles. The number of piperidine rings is 1. The van der Waals surface area contributed by atoms with Crippen molar-refractivity contribution in [3.05, 3.63) is 23.4 Å². The molecule has 3 aliphatic rings. The van der Waals surface area contributed by atoms with Crippen LogP contribution in [0.3, 0.4) is 0 Å². The zero-order valence-corrected chi connectivity index (χ0v) is 15.9. The summed E-state index contributed by atoms with van der Waals surface area (Å²) in [5.41, 5.74) is 2.49. The maximum atomic E-state index is 5.12. The average Bonchev–Trinajstić information content (AvgIpc) is 3.41. The molecule has 0 N–H and O–H groups in total. The Labute approximate surface area is 150 Å². The van der Waals surface area contributed by atoms with Crippen molar-refractivity contribution in [2.45, 2.75) is 45.1 Å². The molecule has 4 nitrogen and oxygen atoms in total. The molecule has 0 amide bonds. The van der Waals surface area contributed by atoms with E-state index in [1.165, 1.54) is 24.2 Å². The number of hydrogen-bond acceptors (Lipinski definition) is 4. The summed E-state index contributed by atoms with van der Waals surface area (Å²) in [6.45, 7) is 9.16. The quantitative estimate of drug-likeness (QED) is 0.561. The van der Waals surface area contributed by atoms with Crippen LogP contribution in [0, 0.1) is 5.92 Å². The number of hydrogen-bond donors (Lipinski definition) is 0. The van der Waals surface area contributed by atoms with E-state index in [0.717, 1.165) is 56.2 Å². The lowest BCUT2D eigenvalue weighted by molar-refractivity contribution is 0.344. The molecule has 132 valence electrons. The van der Waals surface area contributed by atoms with Gasteiger partial charge in [0, 0.05) is 44.2 Å². The van der Waals surface area contributed by atoms with Crippen molar-refractivity contribution in [2.24, 2.45) is 15.9 Å². The molecule has 0 aromatic rings. The molecule has 0 spiro atoms. The van der Waals surface area contributed by atoms with E-state index >= 15 is 0 Å². The van der Waals surface area contributed by atoms with Gasteiger partial charge in [-0.1, -0.05) is 23.6 Å². The Hall–Kier alpha value is -1.07. The summed E-state index contributed by atoms with van der Waals surface area (Å²) in [6.07, 6.45) is 10.4. The Kier molecular flexibility index (Phi) is 6.17. The standard InChI is InChI=1S/C19H30N4S/c1-15-6-9-22(3)19(17(12-15)13-20-2)21-18-7-10-23(11-8-18)24-14-16-4-5-16/h12-13,16,18H,2,4-11,14H2,1,3H3/b17-13-,21-19?. The third-order valence-electron chi connectivity index (χ3n) is 5.01. The number of amidine groups is 1. The topological polar surface area (TPSA) is 31.2 Å². The number of likely N-dealkylation sites (N-methyl/N-ethyl adjacent to an activating group) is 1. The second-order valence-corrected chi connectivity index (χ2v) is 8.39. The normalized spacial score (nSPS) is 27.4. The van der Waals surface area contributed by atoms with Gasteiger partial charge in [0.15, 0.2) is 0 Å². The Morgan fingerprint density at radius 2 is 2.00 bits per heavy atom. The minimum atomic E-state index is 0.431. The molecule has 1 saturated carbocycles. The minimum Gasteiger partial charge on any atom is -0.359 e. The van der Waals surface area contributed by atoms with E-state index in [4.69, 9.17) is 4.99 Å². The summed E-state index contributed by atoms with van der Waals surface area (Å²) in [6, 6.07) is 0.431. The van der Waals surface area contributed by atoms with Gasteiger partial charge in [0.1, 0.15) is 5.84 Å². The summed E-state index contributed by atoms with van der Waals surface area (Å²) in [7, 11) is 2.14. The monoisotopic (exact) mass is 346 g/mol. The van der Waals surface area contributed by atoms with Crippen molar-refractivity contribution in [1.29, 1.82) is 0 Å². The number of nitrogens with zero attached hydrogens (tertiary/aromatic N) is 4. The molecule has 0 bridgehead atoms. The van der Waals surface area contributed by atoms with E-state index in [9.17, 15) is 0 Å². The van der Waals surface area contributed by atoms with Gasteiger partial charge in [-0.2, -0.15) is 0 Å². The van der Waals surface area contributed by atoms with Crippen molar-refractivity contribution in [3.63, 3.8) is 0 Å². The molecule has 0 aromatic heterocycles. The zero-order valence-electron chi connectivity index (χ0n) is 15.1. The van der Waals surface area contributed by atoms with Gasteiger partial charge < -0.3 is 4.90 Å². The smallest absolute Gasteiger partial charge is 0.132 e. The molecular formula is C19H30N4S. The van der Waals surface area contributed by atoms with Gasteiger partial charge in [0.25, 0.3) is 0 Å². The van der Waals surface area contributed by atoms with E-state index in [0.29, 0.717) is 6.04 Å². The second kappa shape index (κ2) is 8.34. The third kappa shape index (κ3) is 4.96. The molecule has 24 heavy (non-hydrogen) atoms. The van der Waals surface area contributed by atoms with Crippen LogP contribution in [0.1, 0.15) is 39.0 Å². The molecule has 0 unspecified atom stereocenters. The van der Waals surface area contributed by atoms with Gasteiger partial charge in [-0.3, -0.25) is 14.3 Å². The van der Waals surface area contributed by atoms with Crippen LogP contribution in [0.4, 0.5) is 0 Å². The van der Waals surface area contributed by atoms with E-state index in [2.05, 4.69) is 52.9 Å². The first kappa shape index (κ1) is 17.7. The van der Waals surface area contributed by atoms with Crippen molar-refractivity contribution in [3.8, 4) is 0 Å². The number of aliphatic imine (C=N–C) groups is 2. The Balaban J connectivity index is 1.62. The fourth-order valence-corrected chi connectivity index (χ4v) is 4.43. The fourth-order valence-electron chi connectivity index (χ4n) is 3.21. The minimum absolute atomic E-state index is 0.431. The highest BCUT2D eigenvalue weighted by atomic mass is 32.2. The van der Waals surface area contributed by atoms with Crippen LogP contribution in [-0.2, 0) is 0 Å². The molecule has 2 heterocycles. The van der Waals surface area contributed by atoms with Gasteiger partial charge in [-0.15, -0.1) is 0 Å². The maximum absolute atomic E-state index is 5.12. The number of rotatable bonds is 5. The largest absolute Gasteiger partial charge is 0.359 e. The average molecular weight is 347 g/mol. The van der Waals surface area contributed by atoms with Crippen LogP contribution in [0.2, 0.25) is 0 Å². The van der Waals surface area contributed by atoms with Crippen molar-refractivity contribution >= 4 is 24.5 Å². The molecule has 2 fully saturated rings. The Bertz CT molecular complexity index is 540. The van der Waals surface area contributed by atoms with E-state index in [-0.39, 0.29) is 0 Å². The first-order valence-electron chi connectivity index (χ1n) is 9.16. The Morgan fingerprint density at radius 1 is 1.25 bits per heavy atom. The van der Waals surface area contributed by atoms with Crippen LogP contribution in [0.15, 0.2) is 33.4 Å². The van der Waals surface area contributed by atoms with Gasteiger partial charge >= 0.3 is 0 Å². The highest BCUT2D eigenvalue weighted by Crippen LogP contribution is 2.34. The van der Waals surface area contributed by atoms with E-state index in [1.807, 2.05) is 6.20 Å². The molecule has 0 atom stereocenters. The zero-order chi connectivity index (χ0) is 16.9. The second-order valence-electron chi connectivity index (χ2n) is 7.28. The summed E-state index contributed by atoms with van der Waals surface area (Å²) in [5, 5.41) is 0. The van der Waals surface area contributed by atoms with Gasteiger partial charge in [0.2, 0.25) is 0 Å². The highest BCUT2D eigenvalue weighted by molar-refractivity contribution is 7.97. The van der Waals surface area contributed by atoms with Gasteiger partial charge in [-0.25, -0.2) is 0 Å². The summed E-state index contributed by atoms with van der Waals surface area (Å²) in [4.78, 5) is 11.4. The van der Waals surface area contributed by atoms with Crippen molar-refractivity contribution in [1.82, 2.24) is 9.21 Å². The SMILES string of the molecule is C=N/C=C1/C=C(C)CCN(C)C1=NC1CCN(SCC2CC2)CC1. The summed E-state index contributed by atoms with van der Waals surface area (Å²) in [5.74, 6) is 3.41. The lowest BCUT2D eigenvalue weighted by atomic mass is 10.1. The first-order valence-corrected chi connectivity index (χ1v) is 10.1. The van der Waals surface area contributed by atoms with E-state index < -0.39 is 0 Å². The molecule has 3 rings (SSSR count). The van der Waals surface area contributed by atoms with Crippen LogP contribution < -0.4 is 0 Å². The van der Waals surface area contributed by atoms with Crippen LogP contribution in [-0.4, -0.2) is 60.2 Å². The van der Waals surface area contributed by atoms with Crippen LogP contribution in [0.25, 0.3) is 0 Å². The lowest BCUT2D eigenvalue weighted by Crippen LogP contribution is -2.34. The van der Waals surface area contributed by atoms with Crippen LogP contribution in [0.5, 0.6) is 0 Å². The first-order chi connectivity index (χ1) is 11.7. The maximum Gasteiger partial charge on any atom is 0.132 e. The molecule has 0 radical (unpaired) electrons. The van der Waals surface area contributed by atoms with Crippen molar-refractivity contribution in [2.75, 3.05) is 32.4 Å². The predicted octanol–water partition coefficient (Wildman–Crippen LogP) is 3.77. The lowest BCUT2D eigenvalue weighted by Gasteiger charge is -2.30. The van der Waals surface area contributed by atoms with Gasteiger partial charge in [0.05, 0.1) is 6.04 Å². The molecule has 1 aliphatic carbocycles. The molecular weight excluding hydrogens is 316 g/mol. The Morgan fingerprint density at radius 3 is 2.67 bits per heavy atom. The van der Waals surface area contributed by atoms with E-state index in [1.54, 1.807) is 0 Å². The summed E-state index contributed by atoms with van der Waals surface area (Å²) < 4.78 is 2.55. The third-order valence-corrected chi connectivity index (χ3v) is 6.36.